The number of phenols is 3. The van der Waals surface area contributed by atoms with Crippen LogP contribution in [0.1, 0.15) is 31.2 Å². The summed E-state index contributed by atoms with van der Waals surface area (Å²) in [6, 6.07) is 17.2. The molecule has 0 radical (unpaired) electrons. The predicted molar refractivity (Wildman–Crippen MR) is 112 cm³/mol. The van der Waals surface area contributed by atoms with Crippen LogP contribution in [0.2, 0.25) is 0 Å². The van der Waals surface area contributed by atoms with Gasteiger partial charge in [0, 0.05) is 5.56 Å². The monoisotopic (exact) mass is 374 g/mol. The summed E-state index contributed by atoms with van der Waals surface area (Å²) in [5.74, 6) is 2.99. The van der Waals surface area contributed by atoms with Crippen molar-refractivity contribution in [2.75, 3.05) is 0 Å². The van der Waals surface area contributed by atoms with Crippen LogP contribution in [0.15, 0.2) is 60.7 Å². The summed E-state index contributed by atoms with van der Waals surface area (Å²) in [5.41, 5.74) is 4.37. The first-order valence-electron chi connectivity index (χ1n) is 9.94. The average Bonchev–Trinajstić information content (AvgIpc) is 3.30. The van der Waals surface area contributed by atoms with E-state index in [0.717, 1.165) is 22.3 Å². The fourth-order valence-corrected chi connectivity index (χ4v) is 4.28. The highest BCUT2D eigenvalue weighted by atomic mass is 16.3. The number of aryl methyl sites for hydroxylation is 1. The van der Waals surface area contributed by atoms with Crippen molar-refractivity contribution in [3.05, 3.63) is 66.2 Å². The second-order valence-electron chi connectivity index (χ2n) is 7.93. The number of phenolic OH excluding ortho intramolecular Hbond substituents is 3. The molecule has 0 amide bonds. The lowest BCUT2D eigenvalue weighted by Gasteiger charge is -2.15. The molecule has 3 heteroatoms. The zero-order chi connectivity index (χ0) is 19.7. The van der Waals surface area contributed by atoms with Crippen molar-refractivity contribution in [3.63, 3.8) is 0 Å². The van der Waals surface area contributed by atoms with E-state index < -0.39 is 0 Å². The molecule has 0 spiro atoms. The summed E-state index contributed by atoms with van der Waals surface area (Å²) >= 11 is 0. The molecule has 3 aromatic rings. The van der Waals surface area contributed by atoms with E-state index in [1.807, 2.05) is 25.1 Å². The SMILES string of the molecule is C1CC2CC2C1.Cc1ccc(O)c(-c2ccc(O)cc2)c1-c1ccc(O)cc1. The summed E-state index contributed by atoms with van der Waals surface area (Å²) in [6.45, 7) is 1.98. The van der Waals surface area contributed by atoms with E-state index in [1.54, 1.807) is 61.7 Å². The highest BCUT2D eigenvalue weighted by Gasteiger charge is 2.40. The van der Waals surface area contributed by atoms with Crippen LogP contribution >= 0.6 is 0 Å². The Morgan fingerprint density at radius 3 is 1.57 bits per heavy atom. The third kappa shape index (κ3) is 3.84. The minimum Gasteiger partial charge on any atom is -0.508 e. The van der Waals surface area contributed by atoms with Crippen molar-refractivity contribution >= 4 is 0 Å². The Kier molecular flexibility index (Phi) is 4.99. The van der Waals surface area contributed by atoms with Gasteiger partial charge in [-0.3, -0.25) is 0 Å². The van der Waals surface area contributed by atoms with Crippen LogP contribution in [0, 0.1) is 18.8 Å². The topological polar surface area (TPSA) is 60.7 Å². The van der Waals surface area contributed by atoms with E-state index >= 15 is 0 Å². The number of hydrogen-bond donors (Lipinski definition) is 3. The fraction of sp³-hybridized carbons (Fsp3) is 0.280. The van der Waals surface area contributed by atoms with Gasteiger partial charge in [-0.05, 0) is 77.8 Å². The standard InChI is InChI=1S/C19H16O3.C6H10/c1-12-2-11-17(22)19(14-5-9-16(21)10-6-14)18(12)13-3-7-15(20)8-4-13;1-2-5-4-6(5)3-1/h2-11,20-22H,1H3;5-6H,1-4H2. The number of hydrogen-bond acceptors (Lipinski definition) is 3. The van der Waals surface area contributed by atoms with Gasteiger partial charge in [0.05, 0.1) is 0 Å². The summed E-state index contributed by atoms with van der Waals surface area (Å²) in [7, 11) is 0. The lowest BCUT2D eigenvalue weighted by Crippen LogP contribution is -1.90. The van der Waals surface area contributed by atoms with Crippen molar-refractivity contribution in [3.8, 4) is 39.5 Å². The van der Waals surface area contributed by atoms with Gasteiger partial charge in [0.2, 0.25) is 0 Å². The molecule has 0 aromatic heterocycles. The zero-order valence-corrected chi connectivity index (χ0v) is 16.1. The van der Waals surface area contributed by atoms with Crippen molar-refractivity contribution in [1.82, 2.24) is 0 Å². The first-order valence-corrected chi connectivity index (χ1v) is 9.94. The predicted octanol–water partition coefficient (Wildman–Crippen LogP) is 6.25. The van der Waals surface area contributed by atoms with E-state index in [4.69, 9.17) is 0 Å². The Hall–Kier alpha value is -2.94. The van der Waals surface area contributed by atoms with E-state index in [1.165, 1.54) is 18.3 Å². The van der Waals surface area contributed by atoms with Gasteiger partial charge < -0.3 is 15.3 Å². The molecular formula is C25H26O3. The van der Waals surface area contributed by atoms with Gasteiger partial charge >= 0.3 is 0 Å². The molecule has 2 aliphatic carbocycles. The van der Waals surface area contributed by atoms with E-state index in [0.29, 0.717) is 5.56 Å². The molecule has 2 saturated carbocycles. The van der Waals surface area contributed by atoms with Crippen LogP contribution in [0.25, 0.3) is 22.3 Å². The number of benzene rings is 3. The number of rotatable bonds is 2. The maximum absolute atomic E-state index is 10.3. The number of aromatic hydroxyl groups is 3. The number of fused-ring (bicyclic) bond motifs is 1. The largest absolute Gasteiger partial charge is 0.508 e. The molecule has 3 N–H and O–H groups in total. The highest BCUT2D eigenvalue weighted by molar-refractivity contribution is 5.89. The second-order valence-corrected chi connectivity index (χ2v) is 7.93. The molecule has 2 fully saturated rings. The average molecular weight is 374 g/mol. The molecular weight excluding hydrogens is 348 g/mol. The fourth-order valence-electron chi connectivity index (χ4n) is 4.28. The molecule has 28 heavy (non-hydrogen) atoms. The normalized spacial score (nSPS) is 19.5. The third-order valence-electron chi connectivity index (χ3n) is 5.92. The highest BCUT2D eigenvalue weighted by Crippen LogP contribution is 2.51. The first kappa shape index (κ1) is 18.4. The summed E-state index contributed by atoms with van der Waals surface area (Å²) in [4.78, 5) is 0. The van der Waals surface area contributed by atoms with Crippen molar-refractivity contribution in [2.24, 2.45) is 11.8 Å². The van der Waals surface area contributed by atoms with E-state index in [9.17, 15) is 15.3 Å². The smallest absolute Gasteiger partial charge is 0.124 e. The van der Waals surface area contributed by atoms with E-state index in [2.05, 4.69) is 0 Å². The molecule has 5 rings (SSSR count). The molecule has 0 bridgehead atoms. The zero-order valence-electron chi connectivity index (χ0n) is 16.1. The Morgan fingerprint density at radius 1 is 0.643 bits per heavy atom. The van der Waals surface area contributed by atoms with Gasteiger partial charge in [-0.25, -0.2) is 0 Å². The van der Waals surface area contributed by atoms with Crippen LogP contribution in [0.3, 0.4) is 0 Å². The molecule has 0 saturated heterocycles. The van der Waals surface area contributed by atoms with Crippen molar-refractivity contribution < 1.29 is 15.3 Å². The Morgan fingerprint density at radius 2 is 1.14 bits per heavy atom. The molecule has 0 aliphatic heterocycles. The lowest BCUT2D eigenvalue weighted by atomic mass is 9.90. The maximum atomic E-state index is 10.3. The quantitative estimate of drug-likeness (QED) is 0.497. The second kappa shape index (κ2) is 7.59. The minimum absolute atomic E-state index is 0.180. The van der Waals surface area contributed by atoms with Crippen LogP contribution in [-0.2, 0) is 0 Å². The Balaban J connectivity index is 0.000000268. The van der Waals surface area contributed by atoms with Crippen LogP contribution < -0.4 is 0 Å². The lowest BCUT2D eigenvalue weighted by molar-refractivity contribution is 0.474. The molecule has 2 atom stereocenters. The molecule has 3 nitrogen and oxygen atoms in total. The summed E-state index contributed by atoms with van der Waals surface area (Å²) in [5, 5.41) is 29.3. The summed E-state index contributed by atoms with van der Waals surface area (Å²) in [6.07, 6.45) is 6.24. The van der Waals surface area contributed by atoms with Gasteiger partial charge in [0.1, 0.15) is 17.2 Å². The van der Waals surface area contributed by atoms with Gasteiger partial charge in [-0.1, -0.05) is 49.6 Å². The van der Waals surface area contributed by atoms with Crippen LogP contribution in [-0.4, -0.2) is 15.3 Å². The van der Waals surface area contributed by atoms with Crippen molar-refractivity contribution in [2.45, 2.75) is 32.6 Å². The first-order chi connectivity index (χ1) is 13.5. The van der Waals surface area contributed by atoms with Crippen LogP contribution in [0.5, 0.6) is 17.2 Å². The molecule has 144 valence electrons. The van der Waals surface area contributed by atoms with Gasteiger partial charge in [0.15, 0.2) is 0 Å². The maximum Gasteiger partial charge on any atom is 0.124 e. The van der Waals surface area contributed by atoms with E-state index in [-0.39, 0.29) is 17.2 Å². The molecule has 2 aliphatic rings. The van der Waals surface area contributed by atoms with Crippen molar-refractivity contribution in [1.29, 1.82) is 0 Å². The third-order valence-corrected chi connectivity index (χ3v) is 5.92. The molecule has 0 heterocycles. The summed E-state index contributed by atoms with van der Waals surface area (Å²) < 4.78 is 0. The van der Waals surface area contributed by atoms with Gasteiger partial charge in [-0.15, -0.1) is 0 Å². The molecule has 2 unspecified atom stereocenters. The Labute approximate surface area is 165 Å². The van der Waals surface area contributed by atoms with Crippen LogP contribution in [0.4, 0.5) is 0 Å². The van der Waals surface area contributed by atoms with Gasteiger partial charge in [0.25, 0.3) is 0 Å². The van der Waals surface area contributed by atoms with Gasteiger partial charge in [-0.2, -0.15) is 0 Å². The molecule has 3 aromatic carbocycles. The minimum atomic E-state index is 0.180. The Bertz CT molecular complexity index is 880.